The summed E-state index contributed by atoms with van der Waals surface area (Å²) in [6.07, 6.45) is 0. The van der Waals surface area contributed by atoms with E-state index >= 15 is 0 Å². The van der Waals surface area contributed by atoms with Crippen LogP contribution in [0.1, 0.15) is 25.6 Å². The second-order valence-corrected chi connectivity index (χ2v) is 8.07. The number of para-hydroxylation sites is 1. The van der Waals surface area contributed by atoms with Crippen LogP contribution in [0.5, 0.6) is 5.75 Å². The lowest BCUT2D eigenvalue weighted by Gasteiger charge is -2.13. The van der Waals surface area contributed by atoms with Gasteiger partial charge in [-0.05, 0) is 54.0 Å². The van der Waals surface area contributed by atoms with E-state index in [0.717, 1.165) is 5.39 Å². The van der Waals surface area contributed by atoms with Gasteiger partial charge in [0.25, 0.3) is 0 Å². The zero-order valence-electron chi connectivity index (χ0n) is 13.8. The Balaban J connectivity index is 1.91. The maximum absolute atomic E-state index is 12.6. The van der Waals surface area contributed by atoms with E-state index in [-0.39, 0.29) is 4.90 Å². The van der Waals surface area contributed by atoms with Crippen molar-refractivity contribution in [3.63, 3.8) is 0 Å². The summed E-state index contributed by atoms with van der Waals surface area (Å²) in [4.78, 5) is 0.188. The average Bonchev–Trinajstić information content (AvgIpc) is 3.00. The predicted octanol–water partition coefficient (Wildman–Crippen LogP) is 4.63. The summed E-state index contributed by atoms with van der Waals surface area (Å²) in [6.45, 7) is 4.17. The number of nitrogens with one attached hydrogen (secondary N) is 1. The fourth-order valence-corrected chi connectivity index (χ4v) is 4.77. The Bertz CT molecular complexity index is 997. The fourth-order valence-electron chi connectivity index (χ4n) is 2.56. The van der Waals surface area contributed by atoms with Gasteiger partial charge >= 0.3 is 0 Å². The topological polar surface area (TPSA) is 68.5 Å². The van der Waals surface area contributed by atoms with Crippen molar-refractivity contribution in [3.05, 3.63) is 58.8 Å². The zero-order chi connectivity index (χ0) is 18.0. The van der Waals surface area contributed by atoms with Gasteiger partial charge < -0.3 is 9.15 Å². The average molecular weight is 424 g/mol. The normalized spacial score (nSPS) is 13.1. The molecular weight excluding hydrogens is 406 g/mol. The monoisotopic (exact) mass is 423 g/mol. The molecule has 0 saturated heterocycles. The molecule has 1 N–H and O–H groups in total. The van der Waals surface area contributed by atoms with Crippen molar-refractivity contribution < 1.29 is 17.6 Å². The number of sulfonamides is 1. The SMILES string of the molecule is CCOc1cccc2cc(C(C)NS(=O)(=O)c3ccccc3Br)oc12. The highest BCUT2D eigenvalue weighted by atomic mass is 79.9. The van der Waals surface area contributed by atoms with Crippen molar-refractivity contribution in [3.8, 4) is 5.75 Å². The number of furan rings is 1. The van der Waals surface area contributed by atoms with E-state index in [1.165, 1.54) is 0 Å². The van der Waals surface area contributed by atoms with Crippen molar-refractivity contribution in [2.24, 2.45) is 0 Å². The van der Waals surface area contributed by atoms with Crippen LogP contribution in [0.4, 0.5) is 0 Å². The molecule has 1 unspecified atom stereocenters. The van der Waals surface area contributed by atoms with Gasteiger partial charge in [-0.3, -0.25) is 0 Å². The van der Waals surface area contributed by atoms with Crippen LogP contribution in [-0.2, 0) is 10.0 Å². The van der Waals surface area contributed by atoms with E-state index in [0.29, 0.717) is 28.2 Å². The van der Waals surface area contributed by atoms with Crippen molar-refractivity contribution in [2.75, 3.05) is 6.61 Å². The molecule has 1 heterocycles. The number of halogens is 1. The second kappa shape index (κ2) is 7.19. The number of rotatable bonds is 6. The maximum Gasteiger partial charge on any atom is 0.242 e. The molecule has 0 bridgehead atoms. The molecule has 0 radical (unpaired) electrons. The Morgan fingerprint density at radius 2 is 1.96 bits per heavy atom. The third kappa shape index (κ3) is 3.73. The predicted molar refractivity (Wildman–Crippen MR) is 100 cm³/mol. The number of benzene rings is 2. The molecule has 0 aliphatic heterocycles. The van der Waals surface area contributed by atoms with E-state index in [1.807, 2.05) is 31.2 Å². The summed E-state index contributed by atoms with van der Waals surface area (Å²) in [5.41, 5.74) is 0.617. The van der Waals surface area contributed by atoms with Gasteiger partial charge in [0.2, 0.25) is 10.0 Å². The van der Waals surface area contributed by atoms with E-state index in [1.54, 1.807) is 31.2 Å². The van der Waals surface area contributed by atoms with Crippen LogP contribution in [-0.4, -0.2) is 15.0 Å². The molecule has 0 amide bonds. The van der Waals surface area contributed by atoms with Gasteiger partial charge in [-0.2, -0.15) is 0 Å². The second-order valence-electron chi connectivity index (χ2n) is 5.53. The van der Waals surface area contributed by atoms with Crippen LogP contribution in [0.3, 0.4) is 0 Å². The fraction of sp³-hybridized carbons (Fsp3) is 0.222. The lowest BCUT2D eigenvalue weighted by molar-refractivity contribution is 0.336. The minimum atomic E-state index is -3.68. The van der Waals surface area contributed by atoms with Crippen LogP contribution < -0.4 is 9.46 Å². The summed E-state index contributed by atoms with van der Waals surface area (Å²) in [5.74, 6) is 1.17. The molecule has 0 saturated carbocycles. The van der Waals surface area contributed by atoms with Crippen LogP contribution in [0, 0.1) is 0 Å². The minimum absolute atomic E-state index is 0.188. The zero-order valence-corrected chi connectivity index (χ0v) is 16.2. The van der Waals surface area contributed by atoms with E-state index < -0.39 is 16.1 Å². The summed E-state index contributed by atoms with van der Waals surface area (Å²) in [7, 11) is -3.68. The van der Waals surface area contributed by atoms with Crippen molar-refractivity contribution in [2.45, 2.75) is 24.8 Å². The number of ether oxygens (including phenoxy) is 1. The number of fused-ring (bicyclic) bond motifs is 1. The first-order valence-electron chi connectivity index (χ1n) is 7.84. The summed E-state index contributed by atoms with van der Waals surface area (Å²) >= 11 is 3.27. The highest BCUT2D eigenvalue weighted by Crippen LogP contribution is 2.32. The molecule has 0 fully saturated rings. The standard InChI is InChI=1S/C18H18BrNO4S/c1-3-23-15-9-6-7-13-11-16(24-18(13)15)12(2)20-25(21,22)17-10-5-4-8-14(17)19/h4-12,20H,3H2,1-2H3. The third-order valence-corrected chi connectivity index (χ3v) is 6.26. The van der Waals surface area contributed by atoms with E-state index in [9.17, 15) is 8.42 Å². The molecule has 0 aliphatic rings. The van der Waals surface area contributed by atoms with E-state index in [4.69, 9.17) is 9.15 Å². The summed E-state index contributed by atoms with van der Waals surface area (Å²) in [5, 5.41) is 0.868. The maximum atomic E-state index is 12.6. The molecule has 132 valence electrons. The smallest absolute Gasteiger partial charge is 0.242 e. The Labute approximate surface area is 155 Å². The Kier molecular flexibility index (Phi) is 5.17. The summed E-state index contributed by atoms with van der Waals surface area (Å²) in [6, 6.07) is 13.6. The van der Waals surface area contributed by atoms with Gasteiger partial charge in [-0.25, -0.2) is 13.1 Å². The lowest BCUT2D eigenvalue weighted by atomic mass is 10.2. The molecule has 1 aromatic heterocycles. The van der Waals surface area contributed by atoms with Crippen LogP contribution in [0.15, 0.2) is 62.3 Å². The minimum Gasteiger partial charge on any atom is -0.490 e. The Hall–Kier alpha value is -1.83. The highest BCUT2D eigenvalue weighted by Gasteiger charge is 2.23. The van der Waals surface area contributed by atoms with Crippen molar-refractivity contribution in [1.29, 1.82) is 0 Å². The first-order valence-corrected chi connectivity index (χ1v) is 10.1. The van der Waals surface area contributed by atoms with Gasteiger partial charge in [0.1, 0.15) is 5.76 Å². The van der Waals surface area contributed by atoms with Gasteiger partial charge in [0, 0.05) is 9.86 Å². The molecule has 0 aliphatic carbocycles. The molecule has 2 aromatic carbocycles. The highest BCUT2D eigenvalue weighted by molar-refractivity contribution is 9.10. The molecular formula is C18H18BrNO4S. The Morgan fingerprint density at radius 1 is 1.20 bits per heavy atom. The molecule has 1 atom stereocenters. The van der Waals surface area contributed by atoms with Crippen LogP contribution >= 0.6 is 15.9 Å². The molecule has 25 heavy (non-hydrogen) atoms. The van der Waals surface area contributed by atoms with Crippen molar-refractivity contribution >= 4 is 36.9 Å². The largest absolute Gasteiger partial charge is 0.490 e. The number of hydrogen-bond donors (Lipinski definition) is 1. The van der Waals surface area contributed by atoms with Gasteiger partial charge in [-0.15, -0.1) is 0 Å². The van der Waals surface area contributed by atoms with E-state index in [2.05, 4.69) is 20.7 Å². The molecule has 5 nitrogen and oxygen atoms in total. The molecule has 3 rings (SSSR count). The Morgan fingerprint density at radius 3 is 2.68 bits per heavy atom. The van der Waals surface area contributed by atoms with Crippen molar-refractivity contribution in [1.82, 2.24) is 4.72 Å². The first-order chi connectivity index (χ1) is 11.9. The lowest BCUT2D eigenvalue weighted by Crippen LogP contribution is -2.26. The van der Waals surface area contributed by atoms with Crippen LogP contribution in [0.2, 0.25) is 0 Å². The third-order valence-electron chi connectivity index (χ3n) is 3.71. The number of hydrogen-bond acceptors (Lipinski definition) is 4. The van der Waals surface area contributed by atoms with Crippen LogP contribution in [0.25, 0.3) is 11.0 Å². The van der Waals surface area contributed by atoms with Gasteiger partial charge in [0.15, 0.2) is 11.3 Å². The quantitative estimate of drug-likeness (QED) is 0.627. The first kappa shape index (κ1) is 18.0. The van der Waals surface area contributed by atoms with Gasteiger partial charge in [-0.1, -0.05) is 24.3 Å². The molecule has 7 heteroatoms. The summed E-state index contributed by atoms with van der Waals surface area (Å²) < 4.78 is 39.8. The molecule has 0 spiro atoms. The molecule has 3 aromatic rings. The van der Waals surface area contributed by atoms with Gasteiger partial charge in [0.05, 0.1) is 17.5 Å².